The standard InChI is InChI=1S/C25H24N4O7/c1-36-23-11-16(4-7-22(23)29(34)35)15-3-5-18-20(10-15)27-21-8-14(2-6-19(21)28-25(18)33)9-24(32)26-12-17(31)13-30/h2-8,10-11,17,27,30-31H,9,12-13H2,1H3,(H,26,32)(H,28,33). The average molecular weight is 492 g/mol. The Labute approximate surface area is 205 Å². The van der Waals surface area contributed by atoms with Crippen molar-refractivity contribution in [2.45, 2.75) is 12.5 Å². The Morgan fingerprint density at radius 2 is 1.81 bits per heavy atom. The lowest BCUT2D eigenvalue weighted by atomic mass is 10.0. The highest BCUT2D eigenvalue weighted by Crippen LogP contribution is 2.37. The van der Waals surface area contributed by atoms with E-state index in [9.17, 15) is 24.8 Å². The number of aliphatic hydroxyl groups excluding tert-OH is 2. The van der Waals surface area contributed by atoms with E-state index in [1.54, 1.807) is 48.5 Å². The third-order valence-corrected chi connectivity index (χ3v) is 5.69. The SMILES string of the molecule is COc1cc(-c2ccc3c(c2)Nc2cc(CC(=O)NCC(O)CO)ccc2NC3=O)ccc1[N+](=O)[O-]. The molecule has 3 aromatic carbocycles. The highest BCUT2D eigenvalue weighted by molar-refractivity contribution is 6.12. The monoisotopic (exact) mass is 492 g/mol. The van der Waals surface area contributed by atoms with Gasteiger partial charge in [-0.15, -0.1) is 0 Å². The van der Waals surface area contributed by atoms with E-state index in [1.807, 2.05) is 0 Å². The zero-order valence-electron chi connectivity index (χ0n) is 19.3. The van der Waals surface area contributed by atoms with Crippen LogP contribution < -0.4 is 20.7 Å². The molecule has 0 spiro atoms. The van der Waals surface area contributed by atoms with Gasteiger partial charge in [0.1, 0.15) is 0 Å². The second kappa shape index (κ2) is 10.4. The highest BCUT2D eigenvalue weighted by Gasteiger charge is 2.21. The molecule has 0 fully saturated rings. The highest BCUT2D eigenvalue weighted by atomic mass is 16.6. The normalized spacial score (nSPS) is 12.8. The Kier molecular flexibility index (Phi) is 7.13. The number of hydrogen-bond acceptors (Lipinski definition) is 8. The summed E-state index contributed by atoms with van der Waals surface area (Å²) < 4.78 is 5.17. The molecule has 0 saturated carbocycles. The molecule has 1 aliphatic heterocycles. The summed E-state index contributed by atoms with van der Waals surface area (Å²) in [7, 11) is 1.36. The lowest BCUT2D eigenvalue weighted by Crippen LogP contribution is -2.34. The number of amides is 2. The van der Waals surface area contributed by atoms with Crippen LogP contribution in [-0.4, -0.2) is 53.3 Å². The number of benzene rings is 3. The van der Waals surface area contributed by atoms with Gasteiger partial charge in [-0.05, 0) is 53.1 Å². The number of hydrogen-bond donors (Lipinski definition) is 5. The minimum Gasteiger partial charge on any atom is -0.490 e. The molecule has 0 saturated heterocycles. The predicted molar refractivity (Wildman–Crippen MR) is 133 cm³/mol. The van der Waals surface area contributed by atoms with Gasteiger partial charge in [0.25, 0.3) is 5.91 Å². The van der Waals surface area contributed by atoms with Crippen molar-refractivity contribution >= 4 is 34.6 Å². The van der Waals surface area contributed by atoms with Gasteiger partial charge in [0.05, 0.1) is 53.8 Å². The molecule has 0 aromatic heterocycles. The number of carbonyl (C=O) groups excluding carboxylic acids is 2. The van der Waals surface area contributed by atoms with E-state index in [4.69, 9.17) is 9.84 Å². The molecule has 4 rings (SSSR count). The number of fused-ring (bicyclic) bond motifs is 2. The van der Waals surface area contributed by atoms with Gasteiger partial charge in [0.15, 0.2) is 5.75 Å². The second-order valence-electron chi connectivity index (χ2n) is 8.18. The van der Waals surface area contributed by atoms with Gasteiger partial charge in [0.2, 0.25) is 5.91 Å². The van der Waals surface area contributed by atoms with Crippen LogP contribution >= 0.6 is 0 Å². The number of nitrogens with zero attached hydrogens (tertiary/aromatic N) is 1. The third kappa shape index (κ3) is 5.27. The molecule has 1 aliphatic rings. The maximum Gasteiger partial charge on any atom is 0.310 e. The molecule has 36 heavy (non-hydrogen) atoms. The number of nitro benzene ring substituents is 1. The van der Waals surface area contributed by atoms with E-state index in [0.717, 1.165) is 0 Å². The molecular weight excluding hydrogens is 468 g/mol. The van der Waals surface area contributed by atoms with Gasteiger partial charge in [-0.3, -0.25) is 19.7 Å². The topological polar surface area (TPSA) is 163 Å². The van der Waals surface area contributed by atoms with Crippen LogP contribution in [0.4, 0.5) is 22.7 Å². The number of nitro groups is 1. The second-order valence-corrected chi connectivity index (χ2v) is 8.18. The molecule has 11 heteroatoms. The van der Waals surface area contributed by atoms with Crippen LogP contribution in [0.1, 0.15) is 15.9 Å². The van der Waals surface area contributed by atoms with Crippen molar-refractivity contribution in [3.8, 4) is 16.9 Å². The maximum atomic E-state index is 12.8. The van der Waals surface area contributed by atoms with Crippen LogP contribution in [-0.2, 0) is 11.2 Å². The van der Waals surface area contributed by atoms with Crippen molar-refractivity contribution in [2.75, 3.05) is 30.9 Å². The van der Waals surface area contributed by atoms with Gasteiger partial charge in [0, 0.05) is 12.6 Å². The number of nitrogens with one attached hydrogen (secondary N) is 3. The van der Waals surface area contributed by atoms with E-state index in [0.29, 0.717) is 39.3 Å². The summed E-state index contributed by atoms with van der Waals surface area (Å²) >= 11 is 0. The summed E-state index contributed by atoms with van der Waals surface area (Å²) in [5, 5.41) is 38.1. The Balaban J connectivity index is 1.61. The Bertz CT molecular complexity index is 1340. The molecule has 0 aliphatic carbocycles. The zero-order valence-corrected chi connectivity index (χ0v) is 19.3. The summed E-state index contributed by atoms with van der Waals surface area (Å²) in [5.41, 5.74) is 3.95. The van der Waals surface area contributed by atoms with Crippen molar-refractivity contribution in [2.24, 2.45) is 0 Å². The Morgan fingerprint density at radius 1 is 1.06 bits per heavy atom. The first-order valence-corrected chi connectivity index (χ1v) is 11.0. The number of carbonyl (C=O) groups is 2. The fraction of sp³-hybridized carbons (Fsp3) is 0.200. The quantitative estimate of drug-likeness (QED) is 0.237. The van der Waals surface area contributed by atoms with Crippen LogP contribution in [0.3, 0.4) is 0 Å². The predicted octanol–water partition coefficient (Wildman–Crippen LogP) is 2.59. The molecule has 1 heterocycles. The van der Waals surface area contributed by atoms with Gasteiger partial charge >= 0.3 is 5.69 Å². The first kappa shape index (κ1) is 24.6. The fourth-order valence-electron chi connectivity index (χ4n) is 3.83. The van der Waals surface area contributed by atoms with Crippen LogP contribution in [0.15, 0.2) is 54.6 Å². The number of ether oxygens (including phenoxy) is 1. The molecule has 11 nitrogen and oxygen atoms in total. The molecule has 0 bridgehead atoms. The van der Waals surface area contributed by atoms with E-state index < -0.39 is 17.6 Å². The lowest BCUT2D eigenvalue weighted by Gasteiger charge is -2.13. The summed E-state index contributed by atoms with van der Waals surface area (Å²) in [6.07, 6.45) is -0.990. The molecule has 1 atom stereocenters. The zero-order chi connectivity index (χ0) is 25.8. The average Bonchev–Trinajstić information content (AvgIpc) is 3.01. The lowest BCUT2D eigenvalue weighted by molar-refractivity contribution is -0.385. The number of aliphatic hydroxyl groups is 2. The van der Waals surface area contributed by atoms with Crippen LogP contribution in [0, 0.1) is 10.1 Å². The van der Waals surface area contributed by atoms with Crippen molar-refractivity contribution in [1.29, 1.82) is 0 Å². The smallest absolute Gasteiger partial charge is 0.310 e. The minimum atomic E-state index is -1.03. The van der Waals surface area contributed by atoms with E-state index in [1.165, 1.54) is 13.2 Å². The van der Waals surface area contributed by atoms with E-state index in [-0.39, 0.29) is 36.2 Å². The molecule has 5 N–H and O–H groups in total. The first-order chi connectivity index (χ1) is 17.3. The number of rotatable bonds is 8. The van der Waals surface area contributed by atoms with E-state index in [2.05, 4.69) is 16.0 Å². The Hall–Kier alpha value is -4.48. The summed E-state index contributed by atoms with van der Waals surface area (Å²) in [6, 6.07) is 14.9. The fourth-order valence-corrected chi connectivity index (χ4v) is 3.83. The van der Waals surface area contributed by atoms with Crippen molar-refractivity contribution in [1.82, 2.24) is 5.32 Å². The third-order valence-electron chi connectivity index (χ3n) is 5.69. The van der Waals surface area contributed by atoms with Crippen molar-refractivity contribution in [3.05, 3.63) is 75.8 Å². The molecule has 3 aromatic rings. The number of anilines is 3. The Morgan fingerprint density at radius 3 is 2.53 bits per heavy atom. The van der Waals surface area contributed by atoms with Crippen molar-refractivity contribution in [3.63, 3.8) is 0 Å². The largest absolute Gasteiger partial charge is 0.490 e. The van der Waals surface area contributed by atoms with E-state index >= 15 is 0 Å². The minimum absolute atomic E-state index is 0.0382. The van der Waals surface area contributed by atoms with Gasteiger partial charge < -0.3 is 30.9 Å². The molecule has 186 valence electrons. The summed E-state index contributed by atoms with van der Waals surface area (Å²) in [6.45, 7) is -0.505. The first-order valence-electron chi connectivity index (χ1n) is 11.0. The van der Waals surface area contributed by atoms with Gasteiger partial charge in [-0.1, -0.05) is 12.1 Å². The summed E-state index contributed by atoms with van der Waals surface area (Å²) in [5.74, 6) is -0.514. The van der Waals surface area contributed by atoms with Gasteiger partial charge in [-0.2, -0.15) is 0 Å². The summed E-state index contributed by atoms with van der Waals surface area (Å²) in [4.78, 5) is 35.7. The molecular formula is C25H24N4O7. The van der Waals surface area contributed by atoms with Crippen LogP contribution in [0.5, 0.6) is 5.75 Å². The number of methoxy groups -OCH3 is 1. The maximum absolute atomic E-state index is 12.8. The van der Waals surface area contributed by atoms with Gasteiger partial charge in [-0.25, -0.2) is 0 Å². The van der Waals surface area contributed by atoms with Crippen LogP contribution in [0.2, 0.25) is 0 Å². The van der Waals surface area contributed by atoms with Crippen LogP contribution in [0.25, 0.3) is 11.1 Å². The molecule has 2 amide bonds. The molecule has 1 unspecified atom stereocenters. The molecule has 0 radical (unpaired) electrons. The van der Waals surface area contributed by atoms with Crippen molar-refractivity contribution < 1.29 is 29.5 Å².